The zero-order chi connectivity index (χ0) is 22.8. The number of benzene rings is 3. The zero-order valence-corrected chi connectivity index (χ0v) is 19.2. The molecule has 5 heteroatoms. The highest BCUT2D eigenvalue weighted by atomic mass is 16.5. The first-order valence-corrected chi connectivity index (χ1v) is 11.5. The van der Waals surface area contributed by atoms with Crippen LogP contribution in [0, 0.1) is 6.92 Å². The van der Waals surface area contributed by atoms with Gasteiger partial charge in [-0.05, 0) is 42.2 Å². The molecule has 0 fully saturated rings. The van der Waals surface area contributed by atoms with Crippen molar-refractivity contribution in [1.82, 2.24) is 9.91 Å². The van der Waals surface area contributed by atoms with Crippen molar-refractivity contribution < 1.29 is 9.53 Å². The van der Waals surface area contributed by atoms with Crippen LogP contribution >= 0.6 is 0 Å². The van der Waals surface area contributed by atoms with Gasteiger partial charge in [-0.15, -0.1) is 0 Å². The number of aryl methyl sites for hydroxylation is 1. The Morgan fingerprint density at radius 2 is 1.82 bits per heavy atom. The number of hydrazone groups is 1. The number of hydrogen-bond donors (Lipinski definition) is 0. The average molecular weight is 440 g/mol. The van der Waals surface area contributed by atoms with Crippen molar-refractivity contribution in [3.05, 3.63) is 101 Å². The molecule has 33 heavy (non-hydrogen) atoms. The number of amides is 1. The fourth-order valence-electron chi connectivity index (χ4n) is 4.72. The molecule has 0 spiro atoms. The van der Waals surface area contributed by atoms with E-state index in [1.165, 1.54) is 16.7 Å². The molecule has 1 atom stereocenters. The normalized spacial score (nSPS) is 18.1. The van der Waals surface area contributed by atoms with Crippen molar-refractivity contribution in [3.8, 4) is 5.75 Å². The molecule has 0 N–H and O–H groups in total. The number of hydrogen-bond acceptors (Lipinski definition) is 4. The Morgan fingerprint density at radius 3 is 2.61 bits per heavy atom. The zero-order valence-electron chi connectivity index (χ0n) is 19.2. The molecule has 1 amide bonds. The molecule has 2 heterocycles. The SMILES string of the molecule is COc1cccc(C2=NN(C(=O)CN3CCc4ccccc4C3)C(c3ccc(C)cc3)C2)c1. The summed E-state index contributed by atoms with van der Waals surface area (Å²) in [6.07, 6.45) is 1.66. The van der Waals surface area contributed by atoms with E-state index in [2.05, 4.69) is 60.4 Å². The van der Waals surface area contributed by atoms with Crippen LogP contribution in [0.2, 0.25) is 0 Å². The van der Waals surface area contributed by atoms with E-state index in [-0.39, 0.29) is 11.9 Å². The van der Waals surface area contributed by atoms with Gasteiger partial charge in [-0.2, -0.15) is 5.10 Å². The van der Waals surface area contributed by atoms with Gasteiger partial charge in [0.2, 0.25) is 0 Å². The highest BCUT2D eigenvalue weighted by Gasteiger charge is 2.34. The predicted molar refractivity (Wildman–Crippen MR) is 130 cm³/mol. The van der Waals surface area contributed by atoms with Crippen LogP contribution < -0.4 is 4.74 Å². The number of ether oxygens (including phenoxy) is 1. The second-order valence-electron chi connectivity index (χ2n) is 8.88. The van der Waals surface area contributed by atoms with Crippen LogP contribution in [0.1, 0.15) is 40.3 Å². The number of methoxy groups -OCH3 is 1. The lowest BCUT2D eigenvalue weighted by Crippen LogP contribution is -2.40. The average Bonchev–Trinajstić information content (AvgIpc) is 3.30. The Labute approximate surface area is 195 Å². The van der Waals surface area contributed by atoms with Crippen LogP contribution in [-0.2, 0) is 17.8 Å². The lowest BCUT2D eigenvalue weighted by Gasteiger charge is -2.30. The van der Waals surface area contributed by atoms with Gasteiger partial charge in [0, 0.05) is 25.1 Å². The lowest BCUT2D eigenvalue weighted by atomic mass is 9.97. The van der Waals surface area contributed by atoms with Gasteiger partial charge >= 0.3 is 0 Å². The van der Waals surface area contributed by atoms with Crippen molar-refractivity contribution in [2.24, 2.45) is 5.10 Å². The molecule has 5 rings (SSSR count). The van der Waals surface area contributed by atoms with Gasteiger partial charge in [0.05, 0.1) is 25.4 Å². The minimum atomic E-state index is -0.101. The second-order valence-corrected chi connectivity index (χ2v) is 8.88. The maximum Gasteiger partial charge on any atom is 0.257 e. The maximum absolute atomic E-state index is 13.5. The molecule has 0 aliphatic carbocycles. The monoisotopic (exact) mass is 439 g/mol. The van der Waals surface area contributed by atoms with E-state index in [1.807, 2.05) is 24.3 Å². The van der Waals surface area contributed by atoms with Crippen molar-refractivity contribution in [3.63, 3.8) is 0 Å². The summed E-state index contributed by atoms with van der Waals surface area (Å²) in [6.45, 7) is 4.13. The maximum atomic E-state index is 13.5. The molecule has 0 saturated carbocycles. The number of carbonyl (C=O) groups excluding carboxylic acids is 1. The number of carbonyl (C=O) groups is 1. The summed E-state index contributed by atoms with van der Waals surface area (Å²) in [5.41, 5.74) is 6.92. The Kier molecular flexibility index (Phi) is 5.97. The summed E-state index contributed by atoms with van der Waals surface area (Å²) in [6, 6.07) is 24.7. The molecule has 0 aromatic heterocycles. The van der Waals surface area contributed by atoms with Crippen LogP contribution in [0.3, 0.4) is 0 Å². The van der Waals surface area contributed by atoms with Gasteiger partial charge in [0.1, 0.15) is 5.75 Å². The molecule has 5 nitrogen and oxygen atoms in total. The Balaban J connectivity index is 1.40. The van der Waals surface area contributed by atoms with E-state index in [4.69, 9.17) is 9.84 Å². The Morgan fingerprint density at radius 1 is 1.03 bits per heavy atom. The summed E-state index contributed by atoms with van der Waals surface area (Å²) >= 11 is 0. The summed E-state index contributed by atoms with van der Waals surface area (Å²) in [4.78, 5) is 15.8. The molecule has 0 saturated heterocycles. The highest BCUT2D eigenvalue weighted by molar-refractivity contribution is 6.03. The molecule has 3 aromatic carbocycles. The van der Waals surface area contributed by atoms with E-state index in [9.17, 15) is 4.79 Å². The van der Waals surface area contributed by atoms with Gasteiger partial charge < -0.3 is 4.74 Å². The first kappa shape index (κ1) is 21.4. The molecular formula is C28H29N3O2. The summed E-state index contributed by atoms with van der Waals surface area (Å²) in [7, 11) is 1.66. The molecule has 0 radical (unpaired) electrons. The third-order valence-electron chi connectivity index (χ3n) is 6.60. The van der Waals surface area contributed by atoms with Crippen molar-refractivity contribution in [1.29, 1.82) is 0 Å². The lowest BCUT2D eigenvalue weighted by molar-refractivity contribution is -0.134. The molecule has 2 aliphatic heterocycles. The van der Waals surface area contributed by atoms with Gasteiger partial charge in [0.25, 0.3) is 5.91 Å². The highest BCUT2D eigenvalue weighted by Crippen LogP contribution is 2.34. The summed E-state index contributed by atoms with van der Waals surface area (Å²) < 4.78 is 5.40. The first-order valence-electron chi connectivity index (χ1n) is 11.5. The van der Waals surface area contributed by atoms with Crippen LogP contribution in [0.15, 0.2) is 77.9 Å². The van der Waals surface area contributed by atoms with Crippen LogP contribution in [0.5, 0.6) is 5.75 Å². The number of nitrogens with zero attached hydrogens (tertiary/aromatic N) is 3. The van der Waals surface area contributed by atoms with Gasteiger partial charge in [-0.25, -0.2) is 5.01 Å². The van der Waals surface area contributed by atoms with Crippen molar-refractivity contribution in [2.75, 3.05) is 20.2 Å². The minimum Gasteiger partial charge on any atom is -0.497 e. The van der Waals surface area contributed by atoms with E-state index in [1.54, 1.807) is 12.1 Å². The standard InChI is InChI=1S/C28H29N3O2/c1-20-10-12-22(13-11-20)27-17-26(23-8-5-9-25(16-23)33-2)29-31(27)28(32)19-30-15-14-21-6-3-4-7-24(21)18-30/h3-13,16,27H,14-15,17-19H2,1-2H3. The van der Waals surface area contributed by atoms with Gasteiger partial charge in [-0.1, -0.05) is 66.2 Å². The minimum absolute atomic E-state index is 0.0397. The fraction of sp³-hybridized carbons (Fsp3) is 0.286. The quantitative estimate of drug-likeness (QED) is 0.577. The van der Waals surface area contributed by atoms with Crippen molar-refractivity contribution >= 4 is 11.6 Å². The van der Waals surface area contributed by atoms with Gasteiger partial charge in [0.15, 0.2) is 0 Å². The largest absolute Gasteiger partial charge is 0.497 e. The molecule has 3 aromatic rings. The van der Waals surface area contributed by atoms with Crippen LogP contribution in [0.4, 0.5) is 0 Å². The predicted octanol–water partition coefficient (Wildman–Crippen LogP) is 4.74. The molecule has 0 bridgehead atoms. The Hall–Kier alpha value is -3.44. The molecule has 168 valence electrons. The number of rotatable bonds is 5. The van der Waals surface area contributed by atoms with Crippen LogP contribution in [-0.4, -0.2) is 41.7 Å². The van der Waals surface area contributed by atoms with E-state index in [0.717, 1.165) is 42.1 Å². The summed E-state index contributed by atoms with van der Waals surface area (Å²) in [5, 5.41) is 6.55. The summed E-state index contributed by atoms with van der Waals surface area (Å²) in [5.74, 6) is 0.830. The van der Waals surface area contributed by atoms with E-state index < -0.39 is 0 Å². The van der Waals surface area contributed by atoms with E-state index >= 15 is 0 Å². The molecule has 2 aliphatic rings. The molecule has 1 unspecified atom stereocenters. The topological polar surface area (TPSA) is 45.1 Å². The third kappa shape index (κ3) is 4.55. The smallest absolute Gasteiger partial charge is 0.257 e. The van der Waals surface area contributed by atoms with Gasteiger partial charge in [-0.3, -0.25) is 9.69 Å². The van der Waals surface area contributed by atoms with Crippen LogP contribution in [0.25, 0.3) is 0 Å². The fourth-order valence-corrected chi connectivity index (χ4v) is 4.72. The van der Waals surface area contributed by atoms with E-state index in [0.29, 0.717) is 13.0 Å². The molecular weight excluding hydrogens is 410 g/mol. The second kappa shape index (κ2) is 9.20. The first-order chi connectivity index (χ1) is 16.1. The van der Waals surface area contributed by atoms with Crippen molar-refractivity contribution in [2.45, 2.75) is 32.4 Å². The Bertz CT molecular complexity index is 1190. The third-order valence-corrected chi connectivity index (χ3v) is 6.60. The number of fused-ring (bicyclic) bond motifs is 1.